The number of nitrogens with zero attached hydrogens (tertiary/aromatic N) is 1. The van der Waals surface area contributed by atoms with E-state index in [1.54, 1.807) is 4.90 Å². The molecule has 2 nitrogen and oxygen atoms in total. The Kier molecular flexibility index (Phi) is 4.74. The van der Waals surface area contributed by atoms with E-state index in [0.29, 0.717) is 13.0 Å². The fourth-order valence-electron chi connectivity index (χ4n) is 1.86. The second-order valence-corrected chi connectivity index (χ2v) is 5.45. The Morgan fingerprint density at radius 1 is 1.00 bits per heavy atom. The standard InChI is InChI=1S/C16H16BrNO/c1-18(12-14-5-3-2-4-6-14)16(19)11-13-7-9-15(17)10-8-13/h2-10H,11-12H2,1H3. The number of benzene rings is 2. The molecular formula is C16H16BrNO. The Morgan fingerprint density at radius 2 is 1.63 bits per heavy atom. The third-order valence-electron chi connectivity index (χ3n) is 2.96. The normalized spacial score (nSPS) is 10.2. The number of amides is 1. The van der Waals surface area contributed by atoms with Crippen LogP contribution in [0.1, 0.15) is 11.1 Å². The molecule has 0 atom stereocenters. The molecular weight excluding hydrogens is 302 g/mol. The van der Waals surface area contributed by atoms with E-state index in [-0.39, 0.29) is 5.91 Å². The minimum atomic E-state index is 0.131. The maximum absolute atomic E-state index is 12.1. The van der Waals surface area contributed by atoms with Gasteiger partial charge >= 0.3 is 0 Å². The van der Waals surface area contributed by atoms with Crippen LogP contribution in [0.2, 0.25) is 0 Å². The fraction of sp³-hybridized carbons (Fsp3) is 0.188. The zero-order valence-corrected chi connectivity index (χ0v) is 12.4. The van der Waals surface area contributed by atoms with Crippen molar-refractivity contribution in [2.24, 2.45) is 0 Å². The summed E-state index contributed by atoms with van der Waals surface area (Å²) in [5, 5.41) is 0. The molecule has 0 aliphatic carbocycles. The van der Waals surface area contributed by atoms with Crippen molar-refractivity contribution in [3.8, 4) is 0 Å². The van der Waals surface area contributed by atoms with Crippen LogP contribution < -0.4 is 0 Å². The SMILES string of the molecule is CN(Cc1ccccc1)C(=O)Cc1ccc(Br)cc1. The summed E-state index contributed by atoms with van der Waals surface area (Å²) >= 11 is 3.39. The molecule has 2 aromatic rings. The second kappa shape index (κ2) is 6.53. The van der Waals surface area contributed by atoms with Gasteiger partial charge < -0.3 is 4.90 Å². The molecule has 0 heterocycles. The maximum atomic E-state index is 12.1. The molecule has 0 fully saturated rings. The van der Waals surface area contributed by atoms with Crippen LogP contribution in [0.3, 0.4) is 0 Å². The lowest BCUT2D eigenvalue weighted by Crippen LogP contribution is -2.27. The van der Waals surface area contributed by atoms with Gasteiger partial charge in [-0.1, -0.05) is 58.4 Å². The number of hydrogen-bond acceptors (Lipinski definition) is 1. The van der Waals surface area contributed by atoms with Crippen molar-refractivity contribution in [2.75, 3.05) is 7.05 Å². The van der Waals surface area contributed by atoms with Gasteiger partial charge in [0.1, 0.15) is 0 Å². The molecule has 2 rings (SSSR count). The first kappa shape index (κ1) is 13.8. The van der Waals surface area contributed by atoms with Crippen LogP contribution in [0, 0.1) is 0 Å². The number of hydrogen-bond donors (Lipinski definition) is 0. The van der Waals surface area contributed by atoms with Crippen LogP contribution in [-0.2, 0) is 17.8 Å². The minimum Gasteiger partial charge on any atom is -0.341 e. The van der Waals surface area contributed by atoms with Gasteiger partial charge in [-0.15, -0.1) is 0 Å². The molecule has 0 bridgehead atoms. The topological polar surface area (TPSA) is 20.3 Å². The van der Waals surface area contributed by atoms with Crippen molar-refractivity contribution in [2.45, 2.75) is 13.0 Å². The average molecular weight is 318 g/mol. The molecule has 2 aromatic carbocycles. The fourth-order valence-corrected chi connectivity index (χ4v) is 2.12. The summed E-state index contributed by atoms with van der Waals surface area (Å²) in [5.74, 6) is 0.131. The third-order valence-corrected chi connectivity index (χ3v) is 3.49. The lowest BCUT2D eigenvalue weighted by atomic mass is 10.1. The summed E-state index contributed by atoms with van der Waals surface area (Å²) in [5.41, 5.74) is 2.18. The van der Waals surface area contributed by atoms with Crippen LogP contribution in [0.15, 0.2) is 59.1 Å². The van der Waals surface area contributed by atoms with Gasteiger partial charge in [0.25, 0.3) is 0 Å². The van der Waals surface area contributed by atoms with Gasteiger partial charge in [0.15, 0.2) is 0 Å². The average Bonchev–Trinajstić information content (AvgIpc) is 2.42. The molecule has 0 spiro atoms. The van der Waals surface area contributed by atoms with Crippen molar-refractivity contribution in [1.82, 2.24) is 4.90 Å². The lowest BCUT2D eigenvalue weighted by molar-refractivity contribution is -0.129. The lowest BCUT2D eigenvalue weighted by Gasteiger charge is -2.17. The predicted molar refractivity (Wildman–Crippen MR) is 80.8 cm³/mol. The number of halogens is 1. The third kappa shape index (κ3) is 4.21. The van der Waals surface area contributed by atoms with Crippen molar-refractivity contribution in [3.05, 3.63) is 70.2 Å². The number of carbonyl (C=O) groups excluding carboxylic acids is 1. The molecule has 0 aliphatic rings. The molecule has 0 N–H and O–H groups in total. The largest absolute Gasteiger partial charge is 0.341 e. The first-order valence-corrected chi connectivity index (χ1v) is 6.97. The molecule has 3 heteroatoms. The quantitative estimate of drug-likeness (QED) is 0.843. The summed E-state index contributed by atoms with van der Waals surface area (Å²) in [6.07, 6.45) is 0.441. The van der Waals surface area contributed by atoms with Gasteiger partial charge in [0.2, 0.25) is 5.91 Å². The Bertz CT molecular complexity index is 536. The van der Waals surface area contributed by atoms with Crippen molar-refractivity contribution >= 4 is 21.8 Å². The second-order valence-electron chi connectivity index (χ2n) is 4.54. The molecule has 19 heavy (non-hydrogen) atoms. The highest BCUT2D eigenvalue weighted by Crippen LogP contribution is 2.12. The van der Waals surface area contributed by atoms with Crippen LogP contribution in [0.5, 0.6) is 0 Å². The van der Waals surface area contributed by atoms with E-state index in [2.05, 4.69) is 15.9 Å². The molecule has 0 saturated heterocycles. The molecule has 98 valence electrons. The van der Waals surface area contributed by atoms with Crippen molar-refractivity contribution < 1.29 is 4.79 Å². The number of likely N-dealkylation sites (N-methyl/N-ethyl adjacent to an activating group) is 1. The van der Waals surface area contributed by atoms with Crippen LogP contribution in [0.25, 0.3) is 0 Å². The van der Waals surface area contributed by atoms with E-state index in [0.717, 1.165) is 15.6 Å². The van der Waals surface area contributed by atoms with Gasteiger partial charge in [-0.25, -0.2) is 0 Å². The Morgan fingerprint density at radius 3 is 2.26 bits per heavy atom. The smallest absolute Gasteiger partial charge is 0.227 e. The Balaban J connectivity index is 1.94. The van der Waals surface area contributed by atoms with E-state index in [4.69, 9.17) is 0 Å². The van der Waals surface area contributed by atoms with E-state index in [1.165, 1.54) is 0 Å². The van der Waals surface area contributed by atoms with Gasteiger partial charge in [-0.2, -0.15) is 0 Å². The monoisotopic (exact) mass is 317 g/mol. The van der Waals surface area contributed by atoms with Crippen LogP contribution >= 0.6 is 15.9 Å². The molecule has 1 amide bonds. The molecule has 0 unspecified atom stereocenters. The van der Waals surface area contributed by atoms with Gasteiger partial charge in [-0.05, 0) is 23.3 Å². The maximum Gasteiger partial charge on any atom is 0.227 e. The summed E-state index contributed by atoms with van der Waals surface area (Å²) in [4.78, 5) is 13.9. The zero-order valence-electron chi connectivity index (χ0n) is 10.8. The molecule has 0 radical (unpaired) electrons. The van der Waals surface area contributed by atoms with E-state index < -0.39 is 0 Å². The number of carbonyl (C=O) groups is 1. The van der Waals surface area contributed by atoms with E-state index >= 15 is 0 Å². The first-order valence-electron chi connectivity index (χ1n) is 6.17. The summed E-state index contributed by atoms with van der Waals surface area (Å²) in [6, 6.07) is 17.9. The summed E-state index contributed by atoms with van der Waals surface area (Å²) < 4.78 is 1.03. The van der Waals surface area contributed by atoms with Gasteiger partial charge in [0.05, 0.1) is 6.42 Å². The Hall–Kier alpha value is -1.61. The molecule has 0 aliphatic heterocycles. The van der Waals surface area contributed by atoms with Crippen LogP contribution in [0.4, 0.5) is 0 Å². The zero-order chi connectivity index (χ0) is 13.7. The first-order chi connectivity index (χ1) is 9.15. The number of rotatable bonds is 4. The summed E-state index contributed by atoms with van der Waals surface area (Å²) in [7, 11) is 1.84. The molecule has 0 aromatic heterocycles. The van der Waals surface area contributed by atoms with Crippen molar-refractivity contribution in [1.29, 1.82) is 0 Å². The van der Waals surface area contributed by atoms with Gasteiger partial charge in [0, 0.05) is 18.1 Å². The highest BCUT2D eigenvalue weighted by atomic mass is 79.9. The summed E-state index contributed by atoms with van der Waals surface area (Å²) in [6.45, 7) is 0.649. The predicted octanol–water partition coefficient (Wildman–Crippen LogP) is 3.65. The molecule has 0 saturated carbocycles. The van der Waals surface area contributed by atoms with Crippen molar-refractivity contribution in [3.63, 3.8) is 0 Å². The van der Waals surface area contributed by atoms with E-state index in [1.807, 2.05) is 61.6 Å². The van der Waals surface area contributed by atoms with E-state index in [9.17, 15) is 4.79 Å². The highest BCUT2D eigenvalue weighted by molar-refractivity contribution is 9.10. The van der Waals surface area contributed by atoms with Crippen LogP contribution in [-0.4, -0.2) is 17.9 Å². The Labute approximate surface area is 122 Å². The highest BCUT2D eigenvalue weighted by Gasteiger charge is 2.09. The van der Waals surface area contributed by atoms with Gasteiger partial charge in [-0.3, -0.25) is 4.79 Å². The minimum absolute atomic E-state index is 0.131.